The Labute approximate surface area is 147 Å². The molecule has 3 rings (SSSR count). The molecular weight excluding hydrogens is 320 g/mol. The molecule has 0 bridgehead atoms. The predicted molar refractivity (Wildman–Crippen MR) is 92.9 cm³/mol. The number of benzene rings is 1. The van der Waals surface area contributed by atoms with Gasteiger partial charge in [0.1, 0.15) is 0 Å². The Morgan fingerprint density at radius 1 is 1.16 bits per heavy atom. The Morgan fingerprint density at radius 2 is 1.80 bits per heavy atom. The van der Waals surface area contributed by atoms with E-state index in [1.807, 2.05) is 31.2 Å². The zero-order valence-electron chi connectivity index (χ0n) is 14.7. The first-order valence-electron chi connectivity index (χ1n) is 8.84. The number of aryl methyl sites for hydroxylation is 1. The lowest BCUT2D eigenvalue weighted by Gasteiger charge is -2.44. The number of likely N-dealkylation sites (tertiary alicyclic amines) is 1. The fourth-order valence-corrected chi connectivity index (χ4v) is 3.93. The fraction of sp³-hybridized carbons (Fsp3) is 0.579. The van der Waals surface area contributed by atoms with Gasteiger partial charge in [-0.3, -0.25) is 9.59 Å². The van der Waals surface area contributed by atoms with E-state index in [0.717, 1.165) is 11.1 Å². The monoisotopic (exact) mass is 346 g/mol. The van der Waals surface area contributed by atoms with Gasteiger partial charge in [-0.25, -0.2) is 0 Å². The van der Waals surface area contributed by atoms with Crippen molar-refractivity contribution < 1.29 is 19.4 Å². The molecule has 0 aromatic heterocycles. The maximum absolute atomic E-state index is 13.5. The molecule has 2 fully saturated rings. The molecule has 136 valence electrons. The van der Waals surface area contributed by atoms with Gasteiger partial charge in [-0.1, -0.05) is 29.8 Å². The molecule has 0 spiro atoms. The van der Waals surface area contributed by atoms with E-state index in [1.165, 1.54) is 0 Å². The summed E-state index contributed by atoms with van der Waals surface area (Å²) in [6.45, 7) is 3.56. The third-order valence-electron chi connectivity index (χ3n) is 5.58. The van der Waals surface area contributed by atoms with Crippen molar-refractivity contribution in [2.24, 2.45) is 5.73 Å². The summed E-state index contributed by atoms with van der Waals surface area (Å²) < 4.78 is 5.49. The van der Waals surface area contributed by atoms with Crippen molar-refractivity contribution in [2.75, 3.05) is 26.3 Å². The molecule has 0 radical (unpaired) electrons. The Bertz CT molecular complexity index is 652. The maximum atomic E-state index is 13.5. The van der Waals surface area contributed by atoms with Crippen LogP contribution in [0, 0.1) is 6.92 Å². The second-order valence-corrected chi connectivity index (χ2v) is 7.29. The summed E-state index contributed by atoms with van der Waals surface area (Å²) in [5.41, 5.74) is 5.17. The largest absolute Gasteiger partial charge is 0.381 e. The van der Waals surface area contributed by atoms with Gasteiger partial charge in [0.05, 0.1) is 12.0 Å². The van der Waals surface area contributed by atoms with Gasteiger partial charge in [0.2, 0.25) is 5.91 Å². The Hall–Kier alpha value is -1.92. The summed E-state index contributed by atoms with van der Waals surface area (Å²) in [7, 11) is 0. The number of ether oxygens (including phenoxy) is 1. The van der Waals surface area contributed by atoms with E-state index in [9.17, 15) is 14.7 Å². The first-order valence-corrected chi connectivity index (χ1v) is 8.84. The molecule has 6 heteroatoms. The highest BCUT2D eigenvalue weighted by Crippen LogP contribution is 2.38. The zero-order valence-corrected chi connectivity index (χ0v) is 14.7. The number of piperidine rings is 1. The van der Waals surface area contributed by atoms with Crippen molar-refractivity contribution in [3.63, 3.8) is 0 Å². The lowest BCUT2D eigenvalue weighted by atomic mass is 9.72. The van der Waals surface area contributed by atoms with Crippen molar-refractivity contribution in [1.82, 2.24) is 4.90 Å². The van der Waals surface area contributed by atoms with Gasteiger partial charge < -0.3 is 20.5 Å². The lowest BCUT2D eigenvalue weighted by Crippen LogP contribution is -2.60. The van der Waals surface area contributed by atoms with Crippen molar-refractivity contribution >= 4 is 11.8 Å². The average molecular weight is 346 g/mol. The summed E-state index contributed by atoms with van der Waals surface area (Å²) in [5.74, 6) is -0.805. The number of carbonyl (C=O) groups excluding carboxylic acids is 2. The lowest BCUT2D eigenvalue weighted by molar-refractivity contribution is -0.154. The highest BCUT2D eigenvalue weighted by molar-refractivity contribution is 5.90. The molecule has 25 heavy (non-hydrogen) atoms. The van der Waals surface area contributed by atoms with E-state index in [-0.39, 0.29) is 12.5 Å². The van der Waals surface area contributed by atoms with Gasteiger partial charge in [-0.2, -0.15) is 0 Å². The van der Waals surface area contributed by atoms with Crippen LogP contribution in [0.2, 0.25) is 0 Å². The van der Waals surface area contributed by atoms with Crippen LogP contribution >= 0.6 is 0 Å². The van der Waals surface area contributed by atoms with Crippen LogP contribution in [0.15, 0.2) is 24.3 Å². The minimum absolute atomic E-state index is 0.0321. The highest BCUT2D eigenvalue weighted by atomic mass is 16.5. The number of nitrogens with two attached hydrogens (primary N) is 1. The number of amides is 2. The number of aliphatic hydroxyl groups is 1. The molecule has 3 N–H and O–H groups in total. The van der Waals surface area contributed by atoms with E-state index in [4.69, 9.17) is 10.5 Å². The number of β-amino-alcohol motifs (C(OH)–C–C–N with tert-alkyl or cyclic N) is 1. The number of nitrogens with zero attached hydrogens (tertiary/aromatic N) is 1. The number of primary amides is 1. The van der Waals surface area contributed by atoms with Crippen molar-refractivity contribution in [3.8, 4) is 0 Å². The Balaban J connectivity index is 1.92. The van der Waals surface area contributed by atoms with Crippen LogP contribution in [0.25, 0.3) is 0 Å². The molecule has 0 saturated carbocycles. The average Bonchev–Trinajstić information content (AvgIpc) is 2.62. The summed E-state index contributed by atoms with van der Waals surface area (Å²) in [6.07, 6.45) is 2.05. The van der Waals surface area contributed by atoms with E-state index >= 15 is 0 Å². The molecule has 2 aliphatic heterocycles. The van der Waals surface area contributed by atoms with Gasteiger partial charge in [-0.15, -0.1) is 0 Å². The van der Waals surface area contributed by atoms with Crippen molar-refractivity contribution in [2.45, 2.75) is 43.6 Å². The number of hydrogen-bond donors (Lipinski definition) is 2. The van der Waals surface area contributed by atoms with Crippen LogP contribution < -0.4 is 5.73 Å². The number of hydrogen-bond acceptors (Lipinski definition) is 4. The zero-order chi connectivity index (χ0) is 18.1. The van der Waals surface area contributed by atoms with E-state index < -0.39 is 16.9 Å². The molecule has 2 saturated heterocycles. The van der Waals surface area contributed by atoms with Gasteiger partial charge in [0.15, 0.2) is 5.60 Å². The Morgan fingerprint density at radius 3 is 2.40 bits per heavy atom. The standard InChI is InChI=1S/C19H26N2O4/c1-14-3-5-15(6-4-14)18(8-11-25-12-9-18)17(23)21-10-2-7-19(24,13-21)16(20)22/h3-6,24H,2,7-13H2,1H3,(H2,20,22). The van der Waals surface area contributed by atoms with Crippen molar-refractivity contribution in [3.05, 3.63) is 35.4 Å². The smallest absolute Gasteiger partial charge is 0.251 e. The molecule has 2 heterocycles. The minimum Gasteiger partial charge on any atom is -0.381 e. The van der Waals surface area contributed by atoms with Crippen LogP contribution in [-0.2, 0) is 19.7 Å². The van der Waals surface area contributed by atoms with Gasteiger partial charge in [0, 0.05) is 19.8 Å². The minimum atomic E-state index is -1.63. The molecule has 1 atom stereocenters. The van der Waals surface area contributed by atoms with Crippen LogP contribution in [0.5, 0.6) is 0 Å². The van der Waals surface area contributed by atoms with Gasteiger partial charge >= 0.3 is 0 Å². The summed E-state index contributed by atoms with van der Waals surface area (Å²) in [4.78, 5) is 26.7. The molecule has 1 aromatic rings. The third kappa shape index (κ3) is 3.28. The van der Waals surface area contributed by atoms with Gasteiger partial charge in [-0.05, 0) is 38.2 Å². The molecule has 0 aliphatic carbocycles. The molecule has 1 aromatic carbocycles. The van der Waals surface area contributed by atoms with Crippen LogP contribution in [0.1, 0.15) is 36.8 Å². The summed E-state index contributed by atoms with van der Waals surface area (Å²) >= 11 is 0. The van der Waals surface area contributed by atoms with Crippen LogP contribution in [0.4, 0.5) is 0 Å². The molecule has 2 amide bonds. The molecule has 2 aliphatic rings. The topological polar surface area (TPSA) is 92.9 Å². The second kappa shape index (κ2) is 6.77. The van der Waals surface area contributed by atoms with Crippen molar-refractivity contribution in [1.29, 1.82) is 0 Å². The SMILES string of the molecule is Cc1ccc(C2(C(=O)N3CCCC(O)(C(N)=O)C3)CCOCC2)cc1. The quantitative estimate of drug-likeness (QED) is 0.850. The molecular formula is C19H26N2O4. The summed E-state index contributed by atoms with van der Waals surface area (Å²) in [5, 5.41) is 10.5. The molecule has 1 unspecified atom stereocenters. The number of rotatable bonds is 3. The highest BCUT2D eigenvalue weighted by Gasteiger charge is 2.48. The Kier molecular flexibility index (Phi) is 4.84. The summed E-state index contributed by atoms with van der Waals surface area (Å²) in [6, 6.07) is 8.02. The third-order valence-corrected chi connectivity index (χ3v) is 5.58. The van der Waals surface area contributed by atoms with E-state index in [2.05, 4.69) is 0 Å². The van der Waals surface area contributed by atoms with E-state index in [0.29, 0.717) is 45.4 Å². The fourth-order valence-electron chi connectivity index (χ4n) is 3.93. The molecule has 6 nitrogen and oxygen atoms in total. The predicted octanol–water partition coefficient (Wildman–Crippen LogP) is 0.882. The number of carbonyl (C=O) groups is 2. The maximum Gasteiger partial charge on any atom is 0.251 e. The van der Waals surface area contributed by atoms with E-state index in [1.54, 1.807) is 4.90 Å². The van der Waals surface area contributed by atoms with Crippen LogP contribution in [-0.4, -0.2) is 53.7 Å². The first-order chi connectivity index (χ1) is 11.9. The normalized spacial score (nSPS) is 26.2. The first kappa shape index (κ1) is 17.9. The second-order valence-electron chi connectivity index (χ2n) is 7.29. The van der Waals surface area contributed by atoms with Gasteiger partial charge in [0.25, 0.3) is 5.91 Å². The van der Waals surface area contributed by atoms with Crippen LogP contribution in [0.3, 0.4) is 0 Å².